The Labute approximate surface area is 425 Å². The topological polar surface area (TPSA) is 252 Å². The third-order valence-electron chi connectivity index (χ3n) is 14.7. The monoisotopic (exact) mass is 1000 g/mol. The number of nitrogens with zero attached hydrogens (tertiary/aromatic N) is 4. The van der Waals surface area contributed by atoms with E-state index >= 15 is 0 Å². The number of allylic oxidation sites excluding steroid dienone is 5. The second-order valence-corrected chi connectivity index (χ2v) is 20.7. The van der Waals surface area contributed by atoms with E-state index in [0.717, 1.165) is 12.2 Å². The van der Waals surface area contributed by atoms with Gasteiger partial charge in [0, 0.05) is 87.6 Å². The molecule has 2 aromatic rings. The van der Waals surface area contributed by atoms with Gasteiger partial charge in [-0.25, -0.2) is 0 Å². The molecule has 0 radical (unpaired) electrons. The molecule has 73 heavy (non-hydrogen) atoms. The third-order valence-corrected chi connectivity index (χ3v) is 14.7. The number of phenols is 1. The van der Waals surface area contributed by atoms with Crippen molar-refractivity contribution in [1.82, 2.24) is 20.4 Å². The van der Waals surface area contributed by atoms with Crippen molar-refractivity contribution in [3.05, 3.63) is 99.6 Å². The Kier molecular flexibility index (Phi) is 15.6. The van der Waals surface area contributed by atoms with Crippen LogP contribution in [0.2, 0.25) is 0 Å². The number of hydrogen-bond donors (Lipinski definition) is 6. The number of Topliss-reactive ketones (excluding diaryl/α,β-unsaturated/α-hetero) is 2. The number of ketones is 2. The minimum Gasteiger partial charge on any atom is -0.507 e. The van der Waals surface area contributed by atoms with Gasteiger partial charge in [0.05, 0.1) is 52.3 Å². The van der Waals surface area contributed by atoms with Crippen molar-refractivity contribution in [3.63, 3.8) is 0 Å². The van der Waals surface area contributed by atoms with Crippen LogP contribution >= 0.6 is 0 Å². The van der Waals surface area contributed by atoms with Crippen LogP contribution in [-0.4, -0.2) is 129 Å². The molecule has 18 nitrogen and oxygen atoms in total. The van der Waals surface area contributed by atoms with Gasteiger partial charge in [0.15, 0.2) is 0 Å². The number of nitriles is 1. The number of carbonyl (C=O) groups is 5. The van der Waals surface area contributed by atoms with E-state index in [1.165, 1.54) is 26.2 Å². The summed E-state index contributed by atoms with van der Waals surface area (Å²) in [6, 6.07) is 9.44. The molecule has 2 fully saturated rings. The van der Waals surface area contributed by atoms with E-state index in [1.54, 1.807) is 49.1 Å². The number of hydrogen-bond acceptors (Lipinski definition) is 16. The summed E-state index contributed by atoms with van der Waals surface area (Å²) in [6.45, 7) is 13.7. The first kappa shape index (κ1) is 52.5. The number of fused-ring (bicyclic) bond motifs is 13. The molecule has 9 rings (SSSR count). The van der Waals surface area contributed by atoms with Crippen LogP contribution in [0.1, 0.15) is 130 Å². The molecule has 6 aliphatic heterocycles. The summed E-state index contributed by atoms with van der Waals surface area (Å²) in [7, 11) is 0. The molecule has 1 aliphatic carbocycles. The maximum Gasteiger partial charge on any atom is 0.315 e. The molecule has 5 atom stereocenters. The highest BCUT2D eigenvalue weighted by atomic mass is 16.7. The summed E-state index contributed by atoms with van der Waals surface area (Å²) < 4.78 is 18.2. The van der Waals surface area contributed by atoms with E-state index in [1.807, 2.05) is 12.1 Å². The van der Waals surface area contributed by atoms with Crippen molar-refractivity contribution in [2.24, 2.45) is 16.8 Å². The van der Waals surface area contributed by atoms with Crippen molar-refractivity contribution in [1.29, 1.82) is 5.26 Å². The maximum atomic E-state index is 14.7. The van der Waals surface area contributed by atoms with E-state index in [0.29, 0.717) is 63.3 Å². The Bertz CT molecular complexity index is 2740. The zero-order valence-electron chi connectivity index (χ0n) is 42.5. The van der Waals surface area contributed by atoms with Crippen LogP contribution in [0.15, 0.2) is 76.8 Å². The zero-order chi connectivity index (χ0) is 52.4. The van der Waals surface area contributed by atoms with Crippen LogP contribution in [0.4, 0.5) is 5.69 Å². The number of phenolic OH excluding ortho intramolecular Hbond substituents is 1. The lowest BCUT2D eigenvalue weighted by Crippen LogP contribution is -2.50. The normalized spacial score (nSPS) is 27.4. The molecule has 2 saturated heterocycles. The van der Waals surface area contributed by atoms with Crippen LogP contribution in [0.5, 0.6) is 11.5 Å². The Morgan fingerprint density at radius 1 is 1.01 bits per heavy atom. The van der Waals surface area contributed by atoms with Crippen molar-refractivity contribution >= 4 is 40.7 Å². The number of aromatic hydroxyl groups is 1. The molecule has 6 N–H and O–H groups in total. The molecule has 0 aromatic heterocycles. The Hall–Kier alpha value is -6.81. The van der Waals surface area contributed by atoms with Crippen molar-refractivity contribution in [2.45, 2.75) is 135 Å². The number of aliphatic hydroxyl groups is 2. The number of nitrogens with one attached hydrogen (secondary N) is 3. The molecule has 0 saturated carbocycles. The first-order chi connectivity index (χ1) is 34.8. The van der Waals surface area contributed by atoms with Gasteiger partial charge in [0.1, 0.15) is 41.5 Å². The van der Waals surface area contributed by atoms with E-state index < -0.39 is 77.2 Å². The number of ether oxygens (including phenoxy) is 3. The van der Waals surface area contributed by atoms with E-state index in [4.69, 9.17) is 19.2 Å². The van der Waals surface area contributed by atoms with Gasteiger partial charge >= 0.3 is 11.8 Å². The predicted molar refractivity (Wildman–Crippen MR) is 270 cm³/mol. The van der Waals surface area contributed by atoms with Gasteiger partial charge in [-0.15, -0.1) is 0 Å². The molecule has 388 valence electrons. The fraction of sp³-hybridized carbons (Fsp3) is 0.509. The number of carbonyl (C=O) groups excluding carboxylic acids is 5. The van der Waals surface area contributed by atoms with Gasteiger partial charge in [-0.05, 0) is 70.1 Å². The maximum absolute atomic E-state index is 14.7. The fourth-order valence-electron chi connectivity index (χ4n) is 10.5. The number of rotatable bonds is 7. The molecule has 18 heteroatoms. The molecule has 5 bridgehead atoms. The number of para-hydroxylation sites is 1. The summed E-state index contributed by atoms with van der Waals surface area (Å²) >= 11 is 0. The van der Waals surface area contributed by atoms with Crippen molar-refractivity contribution in [3.8, 4) is 17.6 Å². The van der Waals surface area contributed by atoms with Crippen molar-refractivity contribution in [2.75, 3.05) is 38.0 Å². The Morgan fingerprint density at radius 3 is 2.45 bits per heavy atom. The molecule has 7 aliphatic rings. The second-order valence-electron chi connectivity index (χ2n) is 20.7. The number of aliphatic hydroxyl groups excluding tert-OH is 2. The molecule has 6 heterocycles. The fourth-order valence-corrected chi connectivity index (χ4v) is 10.5. The summed E-state index contributed by atoms with van der Waals surface area (Å²) in [5, 5.41) is 53.4. The SMILES string of the molecule is C/C1=C/C=C/C(C)[C@H](O)CC(O)C[C@H](OC(=O)CC(=O)N2CCC(Nc3ccccc3C#N)CC2)CC/C=C/O[C@@]2(C)Oc3c(C)c(O)c4c(c3C2=O)C2=NC3(CCN(CC(C)C)CC3)NC2=C(NC1=O)C4=O. The first-order valence-corrected chi connectivity index (χ1v) is 25.4. The summed E-state index contributed by atoms with van der Waals surface area (Å²) in [4.78, 5) is 79.4. The highest BCUT2D eigenvalue weighted by Crippen LogP contribution is 2.50. The van der Waals surface area contributed by atoms with Gasteiger partial charge in [0.2, 0.25) is 11.7 Å². The lowest BCUT2D eigenvalue weighted by Gasteiger charge is -2.38. The minimum absolute atomic E-state index is 0.0113. The molecular weight excluding hydrogens is 935 g/mol. The van der Waals surface area contributed by atoms with Crippen molar-refractivity contribution < 1.29 is 53.5 Å². The van der Waals surface area contributed by atoms with Crippen LogP contribution in [0.25, 0.3) is 0 Å². The zero-order valence-corrected chi connectivity index (χ0v) is 42.5. The average Bonchev–Trinajstić information content (AvgIpc) is 3.85. The number of anilines is 1. The minimum atomic E-state index is -1.96. The first-order valence-electron chi connectivity index (χ1n) is 25.4. The largest absolute Gasteiger partial charge is 0.507 e. The summed E-state index contributed by atoms with van der Waals surface area (Å²) in [6.07, 6.45) is 6.76. The molecule has 2 unspecified atom stereocenters. The second kappa shape index (κ2) is 21.7. The lowest BCUT2D eigenvalue weighted by atomic mass is 9.82. The van der Waals surface area contributed by atoms with Gasteiger partial charge in [-0.2, -0.15) is 5.26 Å². The number of amides is 2. The third kappa shape index (κ3) is 11.2. The molecule has 2 amide bonds. The lowest BCUT2D eigenvalue weighted by molar-refractivity contribution is -0.155. The number of likely N-dealkylation sites (tertiary alicyclic amines) is 2. The van der Waals surface area contributed by atoms with E-state index in [9.17, 15) is 44.6 Å². The molecule has 2 aromatic carbocycles. The highest BCUT2D eigenvalue weighted by Gasteiger charge is 2.54. The predicted octanol–water partition coefficient (Wildman–Crippen LogP) is 5.60. The summed E-state index contributed by atoms with van der Waals surface area (Å²) in [5.74, 6) is -5.52. The van der Waals surface area contributed by atoms with Crippen LogP contribution < -0.4 is 20.7 Å². The number of esters is 1. The van der Waals surface area contributed by atoms with Crippen LogP contribution in [-0.2, 0) is 23.9 Å². The number of benzene rings is 2. The Morgan fingerprint density at radius 2 is 1.74 bits per heavy atom. The number of piperidine rings is 2. The van der Waals surface area contributed by atoms with Gasteiger partial charge in [0.25, 0.3) is 11.7 Å². The van der Waals surface area contributed by atoms with E-state index in [-0.39, 0.29) is 82.4 Å². The molecule has 1 spiro atoms. The quantitative estimate of drug-likeness (QED) is 0.146. The summed E-state index contributed by atoms with van der Waals surface area (Å²) in [5.41, 5.74) is 0.982. The van der Waals surface area contributed by atoms with Crippen LogP contribution in [0.3, 0.4) is 0 Å². The smallest absolute Gasteiger partial charge is 0.315 e. The van der Waals surface area contributed by atoms with E-state index in [2.05, 4.69) is 40.8 Å². The van der Waals surface area contributed by atoms with Gasteiger partial charge in [-0.3, -0.25) is 29.0 Å². The average molecular weight is 1000 g/mol. The van der Waals surface area contributed by atoms with Gasteiger partial charge < -0.3 is 55.3 Å². The highest BCUT2D eigenvalue weighted by molar-refractivity contribution is 6.34. The molecular formula is C55H67N7O11. The standard InChI is InChI=1S/C55H67N7O11/c1-31(2)30-61-23-19-55(20-24-61)59-46-43-44-49(67)34(5)51-45(43)52(69)54(6,73-51)71-25-10-9-15-38(72-42(66)28-41(65)62-21-17-36(18-22-62)57-39-16-8-7-14-35(39)29-56)26-37(63)27-40(64)32(3)12-11-13-33(4)53(70)58-48(50(44)68)47(46)60-55/h7-8,10-14,16,25,31-32,36-38,40,57,60,63-64,67H,9,15,17-24,26-28,30H2,1-6H3,(H,58,70)/b12-11+,25-10+,33-13-/t32?,37?,38-,40-,54+/m1/s1. The van der Waals surface area contributed by atoms with Crippen LogP contribution in [0, 0.1) is 30.1 Å². The number of aliphatic imine (C=N–C) groups is 1. The van der Waals surface area contributed by atoms with Gasteiger partial charge in [-0.1, -0.05) is 51.1 Å². The Balaban J connectivity index is 1.03.